The van der Waals surface area contributed by atoms with E-state index in [0.717, 1.165) is 11.1 Å². The first-order valence-corrected chi connectivity index (χ1v) is 7.28. The maximum atomic E-state index is 12.5. The average Bonchev–Trinajstić information content (AvgIpc) is 2.54. The van der Waals surface area contributed by atoms with Crippen molar-refractivity contribution in [1.29, 1.82) is 0 Å². The molecule has 0 radical (unpaired) electrons. The van der Waals surface area contributed by atoms with Crippen molar-refractivity contribution in [2.24, 2.45) is 5.73 Å². The van der Waals surface area contributed by atoms with Crippen molar-refractivity contribution in [2.75, 3.05) is 14.2 Å². The molecule has 0 fully saturated rings. The molecule has 0 saturated carbocycles. The molecule has 0 bridgehead atoms. The Morgan fingerprint density at radius 3 is 2.59 bits per heavy atom. The van der Waals surface area contributed by atoms with Crippen LogP contribution in [-0.4, -0.2) is 25.0 Å². The van der Waals surface area contributed by atoms with Crippen LogP contribution in [0.5, 0.6) is 5.75 Å². The number of nitrogens with two attached hydrogens (primary N) is 1. The Kier molecular flexibility index (Phi) is 5.41. The number of carbonyl (C=O) groups is 1. The zero-order valence-electron chi connectivity index (χ0n) is 12.6. The van der Waals surface area contributed by atoms with Gasteiger partial charge in [-0.3, -0.25) is 4.79 Å². The van der Waals surface area contributed by atoms with E-state index in [4.69, 9.17) is 22.1 Å². The number of nitrogens with zero attached hydrogens (tertiary/aromatic N) is 1. The second-order valence-electron chi connectivity index (χ2n) is 5.04. The van der Waals surface area contributed by atoms with Gasteiger partial charge >= 0.3 is 0 Å². The van der Waals surface area contributed by atoms with E-state index in [1.807, 2.05) is 30.3 Å². The molecule has 116 valence electrons. The predicted octanol–water partition coefficient (Wildman–Crippen LogP) is 3.01. The predicted molar refractivity (Wildman–Crippen MR) is 87.8 cm³/mol. The molecule has 2 aromatic rings. The van der Waals surface area contributed by atoms with Gasteiger partial charge in [-0.15, -0.1) is 0 Å². The Morgan fingerprint density at radius 1 is 1.27 bits per heavy atom. The summed E-state index contributed by atoms with van der Waals surface area (Å²) in [4.78, 5) is 14.0. The Hall–Kier alpha value is -2.04. The summed E-state index contributed by atoms with van der Waals surface area (Å²) < 4.78 is 5.30. The number of methoxy groups -OCH3 is 1. The molecule has 4 nitrogen and oxygen atoms in total. The number of rotatable bonds is 5. The first-order valence-electron chi connectivity index (χ1n) is 6.91. The van der Waals surface area contributed by atoms with Crippen LogP contribution in [0.15, 0.2) is 48.5 Å². The van der Waals surface area contributed by atoms with Crippen LogP contribution in [-0.2, 0) is 11.3 Å². The summed E-state index contributed by atoms with van der Waals surface area (Å²) in [5, 5.41) is 0.601. The number of ether oxygens (including phenoxy) is 1. The highest BCUT2D eigenvalue weighted by molar-refractivity contribution is 6.30. The summed E-state index contributed by atoms with van der Waals surface area (Å²) in [6.07, 6.45) is 0. The minimum absolute atomic E-state index is 0.159. The topological polar surface area (TPSA) is 55.6 Å². The van der Waals surface area contributed by atoms with Gasteiger partial charge in [0, 0.05) is 24.2 Å². The van der Waals surface area contributed by atoms with Gasteiger partial charge in [-0.05, 0) is 23.8 Å². The van der Waals surface area contributed by atoms with Gasteiger partial charge in [-0.25, -0.2) is 0 Å². The molecule has 5 heteroatoms. The summed E-state index contributed by atoms with van der Waals surface area (Å²) in [5.41, 5.74) is 7.67. The monoisotopic (exact) mass is 318 g/mol. The normalized spacial score (nSPS) is 11.8. The van der Waals surface area contributed by atoms with E-state index in [1.165, 1.54) is 0 Å². The molecule has 0 aliphatic carbocycles. The zero-order valence-corrected chi connectivity index (χ0v) is 13.4. The van der Waals surface area contributed by atoms with Crippen molar-refractivity contribution < 1.29 is 9.53 Å². The van der Waals surface area contributed by atoms with Gasteiger partial charge in [0.1, 0.15) is 11.8 Å². The molecule has 0 saturated heterocycles. The second kappa shape index (κ2) is 7.29. The molecule has 0 heterocycles. The Labute approximate surface area is 135 Å². The second-order valence-corrected chi connectivity index (χ2v) is 5.48. The number of amides is 1. The minimum atomic E-state index is -0.684. The molecule has 0 aliphatic rings. The van der Waals surface area contributed by atoms with Crippen molar-refractivity contribution in [3.05, 3.63) is 64.7 Å². The number of halogens is 1. The van der Waals surface area contributed by atoms with E-state index in [0.29, 0.717) is 17.3 Å². The molecule has 2 N–H and O–H groups in total. The summed E-state index contributed by atoms with van der Waals surface area (Å²) in [7, 11) is 3.30. The van der Waals surface area contributed by atoms with E-state index in [1.54, 1.807) is 37.3 Å². The molecule has 1 amide bonds. The molecule has 0 aliphatic heterocycles. The third-order valence-corrected chi connectivity index (χ3v) is 3.69. The lowest BCUT2D eigenvalue weighted by Gasteiger charge is -2.22. The molecule has 0 spiro atoms. The van der Waals surface area contributed by atoms with Crippen LogP contribution in [0.25, 0.3) is 0 Å². The molecule has 2 aromatic carbocycles. The van der Waals surface area contributed by atoms with E-state index in [-0.39, 0.29) is 5.91 Å². The summed E-state index contributed by atoms with van der Waals surface area (Å²) in [5.74, 6) is 0.533. The number of benzene rings is 2. The molecule has 2 rings (SSSR count). The highest BCUT2D eigenvalue weighted by atomic mass is 35.5. The molecular formula is C17H19ClN2O2. The van der Waals surface area contributed by atoms with Gasteiger partial charge in [0.25, 0.3) is 0 Å². The molecular weight excluding hydrogens is 300 g/mol. The maximum absolute atomic E-state index is 12.5. The van der Waals surface area contributed by atoms with Crippen molar-refractivity contribution in [2.45, 2.75) is 12.6 Å². The highest BCUT2D eigenvalue weighted by Crippen LogP contribution is 2.24. The fourth-order valence-corrected chi connectivity index (χ4v) is 2.44. The highest BCUT2D eigenvalue weighted by Gasteiger charge is 2.20. The molecule has 0 aromatic heterocycles. The van der Waals surface area contributed by atoms with Gasteiger partial charge in [0.05, 0.1) is 7.11 Å². The minimum Gasteiger partial charge on any atom is -0.496 e. The van der Waals surface area contributed by atoms with Crippen LogP contribution in [0.1, 0.15) is 17.2 Å². The first-order chi connectivity index (χ1) is 10.5. The maximum Gasteiger partial charge on any atom is 0.244 e. The van der Waals surface area contributed by atoms with Crippen molar-refractivity contribution >= 4 is 17.5 Å². The van der Waals surface area contributed by atoms with Crippen LogP contribution >= 0.6 is 11.6 Å². The Bertz CT molecular complexity index is 646. The van der Waals surface area contributed by atoms with Crippen LogP contribution < -0.4 is 10.5 Å². The number of likely N-dealkylation sites (N-methyl/N-ethyl adjacent to an activating group) is 1. The zero-order chi connectivity index (χ0) is 16.1. The lowest BCUT2D eigenvalue weighted by atomic mass is 10.1. The Morgan fingerprint density at radius 2 is 1.95 bits per heavy atom. The van der Waals surface area contributed by atoms with Gasteiger partial charge in [-0.1, -0.05) is 41.9 Å². The molecule has 22 heavy (non-hydrogen) atoms. The van der Waals surface area contributed by atoms with Crippen LogP contribution in [0.2, 0.25) is 5.02 Å². The Balaban J connectivity index is 2.13. The number of hydrogen-bond acceptors (Lipinski definition) is 3. The first kappa shape index (κ1) is 16.3. The summed E-state index contributed by atoms with van der Waals surface area (Å²) in [6, 6.07) is 13.9. The summed E-state index contributed by atoms with van der Waals surface area (Å²) in [6.45, 7) is 0.378. The van der Waals surface area contributed by atoms with Gasteiger partial charge in [-0.2, -0.15) is 0 Å². The van der Waals surface area contributed by atoms with Gasteiger partial charge in [0.15, 0.2) is 0 Å². The number of hydrogen-bond donors (Lipinski definition) is 1. The van der Waals surface area contributed by atoms with Crippen molar-refractivity contribution in [3.8, 4) is 5.75 Å². The van der Waals surface area contributed by atoms with E-state index in [9.17, 15) is 4.79 Å². The number of carbonyl (C=O) groups excluding carboxylic acids is 1. The van der Waals surface area contributed by atoms with E-state index < -0.39 is 6.04 Å². The fourth-order valence-electron chi connectivity index (χ4n) is 2.24. The van der Waals surface area contributed by atoms with E-state index >= 15 is 0 Å². The SMILES string of the molecule is COc1ccc(Cl)cc1CN(C)C(=O)[C@@H](N)c1ccccc1. The molecule has 1 atom stereocenters. The van der Waals surface area contributed by atoms with Gasteiger partial charge in [0.2, 0.25) is 5.91 Å². The van der Waals surface area contributed by atoms with Crippen LogP contribution in [0.3, 0.4) is 0 Å². The lowest BCUT2D eigenvalue weighted by molar-refractivity contribution is -0.132. The van der Waals surface area contributed by atoms with Crippen LogP contribution in [0.4, 0.5) is 0 Å². The third-order valence-electron chi connectivity index (χ3n) is 3.45. The third kappa shape index (κ3) is 3.78. The average molecular weight is 319 g/mol. The summed E-state index contributed by atoms with van der Waals surface area (Å²) >= 11 is 6.01. The standard InChI is InChI=1S/C17H19ClN2O2/c1-20(11-13-10-14(18)8-9-15(13)22-2)17(21)16(19)12-6-4-3-5-7-12/h3-10,16H,11,19H2,1-2H3/t16-/m0/s1. The van der Waals surface area contributed by atoms with Crippen molar-refractivity contribution in [1.82, 2.24) is 4.90 Å². The lowest BCUT2D eigenvalue weighted by Crippen LogP contribution is -2.35. The smallest absolute Gasteiger partial charge is 0.244 e. The largest absolute Gasteiger partial charge is 0.496 e. The van der Waals surface area contributed by atoms with Crippen molar-refractivity contribution in [3.63, 3.8) is 0 Å². The van der Waals surface area contributed by atoms with Crippen LogP contribution in [0, 0.1) is 0 Å². The quantitative estimate of drug-likeness (QED) is 0.922. The van der Waals surface area contributed by atoms with Gasteiger partial charge < -0.3 is 15.4 Å². The fraction of sp³-hybridized carbons (Fsp3) is 0.235. The van der Waals surface area contributed by atoms with E-state index in [2.05, 4.69) is 0 Å². The molecule has 0 unspecified atom stereocenters.